The average molecular weight is 374 g/mol. The minimum atomic E-state index is -0.533. The number of nitriles is 2. The molecule has 1 amide bonds. The van der Waals surface area contributed by atoms with E-state index in [-0.39, 0.29) is 23.5 Å². The predicted octanol–water partition coefficient (Wildman–Crippen LogP) is 2.86. The Labute approximate surface area is 151 Å². The van der Waals surface area contributed by atoms with Crippen molar-refractivity contribution in [3.05, 3.63) is 45.0 Å². The van der Waals surface area contributed by atoms with Gasteiger partial charge in [-0.25, -0.2) is 4.98 Å². The molecule has 10 heteroatoms. The Morgan fingerprint density at radius 1 is 1.44 bits per heavy atom. The Bertz CT molecular complexity index is 1080. The highest BCUT2D eigenvalue weighted by Gasteiger charge is 2.22. The summed E-state index contributed by atoms with van der Waals surface area (Å²) in [4.78, 5) is 17.0. The van der Waals surface area contributed by atoms with Crippen molar-refractivity contribution < 1.29 is 4.79 Å². The lowest BCUT2D eigenvalue weighted by Crippen LogP contribution is -2.16. The van der Waals surface area contributed by atoms with E-state index in [1.807, 2.05) is 12.1 Å². The summed E-state index contributed by atoms with van der Waals surface area (Å²) in [5, 5.41) is 27.7. The van der Waals surface area contributed by atoms with Crippen LogP contribution in [-0.4, -0.2) is 25.5 Å². The number of aromatic amines is 1. The second-order valence-electron chi connectivity index (χ2n) is 5.07. The molecule has 8 nitrogen and oxygen atoms in total. The van der Waals surface area contributed by atoms with E-state index in [4.69, 9.17) is 28.5 Å². The largest absolute Gasteiger partial charge is 0.303 e. The van der Waals surface area contributed by atoms with Crippen LogP contribution in [-0.2, 0) is 6.42 Å². The van der Waals surface area contributed by atoms with Crippen molar-refractivity contribution >= 4 is 40.6 Å². The van der Waals surface area contributed by atoms with Gasteiger partial charge in [-0.3, -0.25) is 14.3 Å². The van der Waals surface area contributed by atoms with Crippen molar-refractivity contribution in [3.8, 4) is 12.1 Å². The van der Waals surface area contributed by atoms with Gasteiger partial charge in [0.2, 0.25) is 0 Å². The summed E-state index contributed by atoms with van der Waals surface area (Å²) >= 11 is 12.1. The number of nitrogens with one attached hydrogen (secondary N) is 2. The summed E-state index contributed by atoms with van der Waals surface area (Å²) in [6.45, 7) is 1.66. The van der Waals surface area contributed by atoms with Gasteiger partial charge in [-0.2, -0.15) is 15.6 Å². The molecule has 3 aromatic rings. The lowest BCUT2D eigenvalue weighted by molar-refractivity contribution is 0.102. The molecule has 0 aliphatic heterocycles. The van der Waals surface area contributed by atoms with Crippen molar-refractivity contribution in [2.45, 2.75) is 13.3 Å². The van der Waals surface area contributed by atoms with Gasteiger partial charge in [0.05, 0.1) is 33.9 Å². The Balaban J connectivity index is 2.04. The highest BCUT2D eigenvalue weighted by atomic mass is 35.5. The first-order valence-electron chi connectivity index (χ1n) is 6.95. The number of hydrogen-bond acceptors (Lipinski definition) is 5. The van der Waals surface area contributed by atoms with Gasteiger partial charge in [-0.1, -0.05) is 23.2 Å². The molecule has 2 N–H and O–H groups in total. The molecule has 124 valence electrons. The molecular formula is C15H9Cl2N7O. The molecule has 3 heterocycles. The van der Waals surface area contributed by atoms with Crippen molar-refractivity contribution in [3.63, 3.8) is 0 Å². The van der Waals surface area contributed by atoms with Crippen LogP contribution in [0.25, 0.3) is 5.65 Å². The number of carbonyl (C=O) groups is 1. The van der Waals surface area contributed by atoms with Crippen molar-refractivity contribution in [1.82, 2.24) is 19.6 Å². The first kappa shape index (κ1) is 16.8. The van der Waals surface area contributed by atoms with E-state index in [2.05, 4.69) is 20.5 Å². The maximum atomic E-state index is 12.7. The maximum absolute atomic E-state index is 12.7. The highest BCUT2D eigenvalue weighted by Crippen LogP contribution is 2.25. The zero-order valence-corrected chi connectivity index (χ0v) is 14.3. The molecule has 0 radical (unpaired) electrons. The number of pyridine rings is 1. The zero-order chi connectivity index (χ0) is 18.1. The summed E-state index contributed by atoms with van der Waals surface area (Å²) in [5.41, 5.74) is 1.49. The summed E-state index contributed by atoms with van der Waals surface area (Å²) in [5.74, 6) is -0.491. The number of halogens is 2. The SMILES string of the molecule is Cc1nc2c(Cl)cc(Cl)cn2c1C(=O)Nc1n[nH]c(CC#N)c1C#N. The minimum Gasteiger partial charge on any atom is -0.303 e. The van der Waals surface area contributed by atoms with Crippen molar-refractivity contribution in [1.29, 1.82) is 10.5 Å². The fourth-order valence-electron chi connectivity index (χ4n) is 2.42. The molecule has 3 aromatic heterocycles. The van der Waals surface area contributed by atoms with E-state index in [0.717, 1.165) is 0 Å². The fraction of sp³-hybridized carbons (Fsp3) is 0.133. The minimum absolute atomic E-state index is 0.0222. The van der Waals surface area contributed by atoms with Gasteiger partial charge in [0, 0.05) is 6.20 Å². The van der Waals surface area contributed by atoms with Crippen molar-refractivity contribution in [2.75, 3.05) is 5.32 Å². The number of amides is 1. The van der Waals surface area contributed by atoms with E-state index in [9.17, 15) is 10.1 Å². The monoisotopic (exact) mass is 373 g/mol. The third-order valence-corrected chi connectivity index (χ3v) is 3.96. The Morgan fingerprint density at radius 2 is 2.20 bits per heavy atom. The van der Waals surface area contributed by atoms with Crippen LogP contribution in [0.15, 0.2) is 12.3 Å². The normalized spacial score (nSPS) is 10.4. The zero-order valence-electron chi connectivity index (χ0n) is 12.8. The van der Waals surface area contributed by atoms with Crippen LogP contribution in [0, 0.1) is 29.6 Å². The number of rotatable bonds is 3. The molecule has 25 heavy (non-hydrogen) atoms. The predicted molar refractivity (Wildman–Crippen MR) is 90.5 cm³/mol. The Hall–Kier alpha value is -3.07. The number of imidazole rings is 1. The molecule has 0 aromatic carbocycles. The first-order chi connectivity index (χ1) is 12.0. The number of nitrogens with zero attached hydrogens (tertiary/aromatic N) is 5. The lowest BCUT2D eigenvalue weighted by atomic mass is 10.2. The van der Waals surface area contributed by atoms with Crippen LogP contribution in [0.3, 0.4) is 0 Å². The molecule has 0 fully saturated rings. The molecule has 0 saturated heterocycles. The maximum Gasteiger partial charge on any atom is 0.275 e. The van der Waals surface area contributed by atoms with E-state index in [1.54, 1.807) is 6.92 Å². The van der Waals surface area contributed by atoms with Crippen LogP contribution in [0.4, 0.5) is 5.82 Å². The smallest absolute Gasteiger partial charge is 0.275 e. The van der Waals surface area contributed by atoms with Crippen LogP contribution in [0.2, 0.25) is 10.0 Å². The summed E-state index contributed by atoms with van der Waals surface area (Å²) < 4.78 is 1.48. The summed E-state index contributed by atoms with van der Waals surface area (Å²) in [7, 11) is 0. The van der Waals surface area contributed by atoms with E-state index < -0.39 is 5.91 Å². The van der Waals surface area contributed by atoms with Gasteiger partial charge in [-0.15, -0.1) is 0 Å². The molecule has 0 saturated carbocycles. The van der Waals surface area contributed by atoms with Gasteiger partial charge in [-0.05, 0) is 13.0 Å². The number of aromatic nitrogens is 4. The Morgan fingerprint density at radius 3 is 2.88 bits per heavy atom. The van der Waals surface area contributed by atoms with Crippen LogP contribution in [0.1, 0.15) is 27.4 Å². The van der Waals surface area contributed by atoms with Gasteiger partial charge in [0.15, 0.2) is 11.5 Å². The number of carbonyl (C=O) groups excluding carboxylic acids is 1. The molecule has 0 spiro atoms. The molecule has 0 aliphatic rings. The van der Waals surface area contributed by atoms with E-state index in [0.29, 0.717) is 27.1 Å². The first-order valence-corrected chi connectivity index (χ1v) is 7.71. The van der Waals surface area contributed by atoms with Gasteiger partial charge < -0.3 is 5.32 Å². The quantitative estimate of drug-likeness (QED) is 0.730. The number of hydrogen-bond donors (Lipinski definition) is 2. The van der Waals surface area contributed by atoms with Gasteiger partial charge >= 0.3 is 0 Å². The molecule has 0 unspecified atom stereocenters. The summed E-state index contributed by atoms with van der Waals surface area (Å²) in [6.07, 6.45) is 1.50. The van der Waals surface area contributed by atoms with E-state index in [1.165, 1.54) is 16.7 Å². The van der Waals surface area contributed by atoms with Gasteiger partial charge in [0.1, 0.15) is 17.3 Å². The molecule has 0 bridgehead atoms. The molecule has 0 aliphatic carbocycles. The molecule has 0 atom stereocenters. The number of H-pyrrole nitrogens is 1. The number of fused-ring (bicyclic) bond motifs is 1. The summed E-state index contributed by atoms with van der Waals surface area (Å²) in [6, 6.07) is 5.38. The highest BCUT2D eigenvalue weighted by molar-refractivity contribution is 6.36. The van der Waals surface area contributed by atoms with Crippen LogP contribution < -0.4 is 5.32 Å². The third-order valence-electron chi connectivity index (χ3n) is 3.47. The lowest BCUT2D eigenvalue weighted by Gasteiger charge is -2.05. The van der Waals surface area contributed by atoms with Crippen LogP contribution >= 0.6 is 23.2 Å². The standard InChI is InChI=1S/C15H9Cl2N7O/c1-7-12(24-6-8(16)4-10(17)14(24)20-7)15(25)21-13-9(5-19)11(2-3-18)22-23-13/h4,6H,2H2,1H3,(H2,21,22,23,25). The second kappa shape index (κ2) is 6.44. The number of aryl methyl sites for hydroxylation is 1. The van der Waals surface area contributed by atoms with Crippen LogP contribution in [0.5, 0.6) is 0 Å². The average Bonchev–Trinajstić information content (AvgIpc) is 3.08. The third kappa shape index (κ3) is 2.89. The van der Waals surface area contributed by atoms with E-state index >= 15 is 0 Å². The van der Waals surface area contributed by atoms with Crippen molar-refractivity contribution in [2.24, 2.45) is 0 Å². The number of anilines is 1. The topological polar surface area (TPSA) is 123 Å². The van der Waals surface area contributed by atoms with Gasteiger partial charge in [0.25, 0.3) is 5.91 Å². The fourth-order valence-corrected chi connectivity index (χ4v) is 2.94. The molecular weight excluding hydrogens is 365 g/mol. The second-order valence-corrected chi connectivity index (χ2v) is 5.92. The molecule has 3 rings (SSSR count). The Kier molecular flexibility index (Phi) is 4.32.